The Morgan fingerprint density at radius 1 is 1.48 bits per heavy atom. The molecule has 0 aromatic carbocycles. The maximum absolute atomic E-state index is 12.3. The van der Waals surface area contributed by atoms with Crippen molar-refractivity contribution in [1.29, 1.82) is 0 Å². The topological polar surface area (TPSA) is 102 Å². The van der Waals surface area contributed by atoms with E-state index in [1.165, 1.54) is 13.4 Å². The molecule has 1 saturated heterocycles. The second-order valence-corrected chi connectivity index (χ2v) is 5.36. The van der Waals surface area contributed by atoms with Gasteiger partial charge in [0.05, 0.1) is 30.6 Å². The molecule has 23 heavy (non-hydrogen) atoms. The minimum atomic E-state index is -1.31. The lowest BCUT2D eigenvalue weighted by Crippen LogP contribution is -2.37. The van der Waals surface area contributed by atoms with Gasteiger partial charge in [0.25, 0.3) is 5.91 Å². The number of likely N-dealkylation sites (tertiary alicyclic amines) is 1. The van der Waals surface area contributed by atoms with Crippen molar-refractivity contribution in [3.63, 3.8) is 0 Å². The molecule has 0 radical (unpaired) electrons. The summed E-state index contributed by atoms with van der Waals surface area (Å²) in [6.45, 7) is 1.54. The summed E-state index contributed by atoms with van der Waals surface area (Å²) in [5, 5.41) is 9.18. The van der Waals surface area contributed by atoms with Crippen molar-refractivity contribution in [2.24, 2.45) is 5.92 Å². The lowest BCUT2D eigenvalue weighted by molar-refractivity contribution is -0.155. The second-order valence-electron chi connectivity index (χ2n) is 5.36. The number of carbonyl (C=O) groups is 3. The van der Waals surface area contributed by atoms with Crippen molar-refractivity contribution < 1.29 is 33.7 Å². The Balaban J connectivity index is 1.82. The van der Waals surface area contributed by atoms with Crippen LogP contribution in [0.25, 0.3) is 0 Å². The van der Waals surface area contributed by atoms with E-state index < -0.39 is 30.3 Å². The highest BCUT2D eigenvalue weighted by Gasteiger charge is 2.48. The third-order valence-electron chi connectivity index (χ3n) is 4.15. The first-order valence-corrected chi connectivity index (χ1v) is 7.00. The number of ether oxygens (including phenoxy) is 3. The van der Waals surface area contributed by atoms with E-state index in [9.17, 15) is 19.5 Å². The summed E-state index contributed by atoms with van der Waals surface area (Å²) in [6, 6.07) is -0.514. The molecule has 0 spiro atoms. The number of nitrogens with zero attached hydrogens (tertiary/aromatic N) is 1. The Kier molecular flexibility index (Phi) is 3.59. The van der Waals surface area contributed by atoms with E-state index in [0.29, 0.717) is 12.0 Å². The maximum atomic E-state index is 12.3. The molecular formula is C15H15NO7. The summed E-state index contributed by atoms with van der Waals surface area (Å²) in [5.41, 5.74) is 0.527. The van der Waals surface area contributed by atoms with Gasteiger partial charge in [-0.3, -0.25) is 4.79 Å². The second kappa shape index (κ2) is 5.45. The molecule has 1 fully saturated rings. The van der Waals surface area contributed by atoms with Crippen molar-refractivity contribution in [3.8, 4) is 0 Å². The minimum Gasteiger partial charge on any atom is -0.493 e. The average molecular weight is 321 g/mol. The van der Waals surface area contributed by atoms with Crippen LogP contribution in [0.4, 0.5) is 4.79 Å². The molecule has 0 aromatic rings. The predicted octanol–water partition coefficient (Wildman–Crippen LogP) is 1.16. The number of allylic oxidation sites excluding steroid dienone is 1. The summed E-state index contributed by atoms with van der Waals surface area (Å²) < 4.78 is 15.5. The van der Waals surface area contributed by atoms with Gasteiger partial charge in [-0.2, -0.15) is 0 Å². The van der Waals surface area contributed by atoms with E-state index in [0.717, 1.165) is 4.90 Å². The van der Waals surface area contributed by atoms with Crippen LogP contribution in [0.2, 0.25) is 0 Å². The zero-order chi connectivity index (χ0) is 16.7. The fourth-order valence-corrected chi connectivity index (χ4v) is 2.99. The number of imide groups is 1. The summed E-state index contributed by atoms with van der Waals surface area (Å²) in [7, 11) is 1.38. The first-order chi connectivity index (χ1) is 11.0. The largest absolute Gasteiger partial charge is 0.493 e. The van der Waals surface area contributed by atoms with Crippen molar-refractivity contribution in [3.05, 3.63) is 35.3 Å². The minimum absolute atomic E-state index is 0.230. The van der Waals surface area contributed by atoms with Gasteiger partial charge in [-0.25, -0.2) is 14.5 Å². The van der Waals surface area contributed by atoms with Gasteiger partial charge in [0.2, 0.25) is 0 Å². The van der Waals surface area contributed by atoms with E-state index in [1.807, 2.05) is 6.08 Å². The van der Waals surface area contributed by atoms with Crippen LogP contribution in [0.5, 0.6) is 0 Å². The van der Waals surface area contributed by atoms with Gasteiger partial charge in [-0.15, -0.1) is 0 Å². The molecule has 0 saturated carbocycles. The van der Waals surface area contributed by atoms with E-state index in [2.05, 4.69) is 0 Å². The summed E-state index contributed by atoms with van der Waals surface area (Å²) in [4.78, 5) is 35.8. The Bertz CT molecular complexity index is 675. The monoisotopic (exact) mass is 321 g/mol. The summed E-state index contributed by atoms with van der Waals surface area (Å²) in [6.07, 6.45) is 2.86. The first kappa shape index (κ1) is 15.1. The number of hydrogen-bond donors (Lipinski definition) is 1. The maximum Gasteiger partial charge on any atom is 0.414 e. The van der Waals surface area contributed by atoms with E-state index >= 15 is 0 Å². The molecule has 0 aromatic heterocycles. The molecule has 1 unspecified atom stereocenters. The number of rotatable bonds is 3. The van der Waals surface area contributed by atoms with Gasteiger partial charge in [0.15, 0.2) is 5.76 Å². The van der Waals surface area contributed by atoms with E-state index in [1.54, 1.807) is 13.0 Å². The molecular weight excluding hydrogens is 306 g/mol. The average Bonchev–Trinajstić information content (AvgIpc) is 3.12. The smallest absolute Gasteiger partial charge is 0.414 e. The normalized spacial score (nSPS) is 31.0. The highest BCUT2D eigenvalue weighted by atomic mass is 16.7. The number of hydrogen-bond acceptors (Lipinski definition) is 6. The number of fused-ring (bicyclic) bond motifs is 1. The zero-order valence-electron chi connectivity index (χ0n) is 12.5. The molecule has 122 valence electrons. The fourth-order valence-electron chi connectivity index (χ4n) is 2.99. The third kappa shape index (κ3) is 2.26. The molecule has 2 amide bonds. The molecule has 1 N–H and O–H groups in total. The molecule has 3 atom stereocenters. The number of cyclic esters (lactones) is 1. The summed E-state index contributed by atoms with van der Waals surface area (Å²) in [5.74, 6) is -1.24. The highest BCUT2D eigenvalue weighted by Crippen LogP contribution is 2.38. The number of carbonyl (C=O) groups excluding carboxylic acids is 2. The van der Waals surface area contributed by atoms with Crippen molar-refractivity contribution in [2.75, 3.05) is 7.11 Å². The molecule has 8 heteroatoms. The van der Waals surface area contributed by atoms with E-state index in [4.69, 9.17) is 14.2 Å². The van der Waals surface area contributed by atoms with Crippen LogP contribution in [0.15, 0.2) is 35.3 Å². The SMILES string of the molecule is COC1=C(C)C(=O)OC1O/C=C1/C(=O)N(C(=O)O)[C@@H]2C=CC[C@H]12. The quantitative estimate of drug-likeness (QED) is 0.360. The van der Waals surface area contributed by atoms with Gasteiger partial charge in [0, 0.05) is 5.92 Å². The number of amides is 2. The Labute approximate surface area is 131 Å². The van der Waals surface area contributed by atoms with Crippen LogP contribution in [0.1, 0.15) is 13.3 Å². The van der Waals surface area contributed by atoms with Crippen molar-refractivity contribution in [1.82, 2.24) is 4.90 Å². The van der Waals surface area contributed by atoms with Crippen molar-refractivity contribution >= 4 is 18.0 Å². The molecule has 1 aliphatic carbocycles. The molecule has 8 nitrogen and oxygen atoms in total. The number of methoxy groups -OCH3 is 1. The highest BCUT2D eigenvalue weighted by molar-refractivity contribution is 6.05. The Morgan fingerprint density at radius 2 is 2.22 bits per heavy atom. The molecule has 0 bridgehead atoms. The lowest BCUT2D eigenvalue weighted by atomic mass is 9.98. The molecule has 2 heterocycles. The van der Waals surface area contributed by atoms with Gasteiger partial charge in [0.1, 0.15) is 0 Å². The standard InChI is InChI=1S/C15H15NO7/c1-7-11(21-2)14(23-13(7)18)22-6-9-8-4-3-5-10(8)16(12(9)17)15(19)20/h3,5-6,8,10,14H,4H2,1-2H3,(H,19,20)/b9-6+/t8-,10-,14?/m1/s1. The molecule has 2 aliphatic heterocycles. The Morgan fingerprint density at radius 3 is 2.87 bits per heavy atom. The Hall–Kier alpha value is -2.77. The first-order valence-electron chi connectivity index (χ1n) is 7.00. The van der Waals surface area contributed by atoms with Gasteiger partial charge < -0.3 is 19.3 Å². The molecule has 3 rings (SSSR count). The number of carboxylic acid groups (broad SMARTS) is 1. The van der Waals surface area contributed by atoms with Crippen LogP contribution in [-0.4, -0.2) is 47.4 Å². The molecule has 3 aliphatic rings. The van der Waals surface area contributed by atoms with Crippen LogP contribution in [0.3, 0.4) is 0 Å². The third-order valence-corrected chi connectivity index (χ3v) is 4.15. The van der Waals surface area contributed by atoms with Gasteiger partial charge in [-0.1, -0.05) is 12.2 Å². The fraction of sp³-hybridized carbons (Fsp3) is 0.400. The van der Waals surface area contributed by atoms with Gasteiger partial charge in [-0.05, 0) is 13.3 Å². The zero-order valence-corrected chi connectivity index (χ0v) is 12.5. The van der Waals surface area contributed by atoms with Gasteiger partial charge >= 0.3 is 18.4 Å². The van der Waals surface area contributed by atoms with Crippen LogP contribution in [-0.2, 0) is 23.8 Å². The summed E-state index contributed by atoms with van der Waals surface area (Å²) >= 11 is 0. The van der Waals surface area contributed by atoms with Crippen LogP contribution >= 0.6 is 0 Å². The van der Waals surface area contributed by atoms with Crippen molar-refractivity contribution in [2.45, 2.75) is 25.7 Å². The van der Waals surface area contributed by atoms with Crippen LogP contribution < -0.4 is 0 Å². The van der Waals surface area contributed by atoms with E-state index in [-0.39, 0.29) is 17.3 Å². The number of esters is 1. The van der Waals surface area contributed by atoms with Crippen LogP contribution in [0, 0.1) is 5.92 Å². The lowest BCUT2D eigenvalue weighted by Gasteiger charge is -2.15. The predicted molar refractivity (Wildman–Crippen MR) is 74.7 cm³/mol.